The van der Waals surface area contributed by atoms with Gasteiger partial charge in [-0.05, 0) is 30.7 Å². The third-order valence-corrected chi connectivity index (χ3v) is 2.52. The minimum Gasteiger partial charge on any atom is -0.493 e. The van der Waals surface area contributed by atoms with Crippen molar-refractivity contribution in [1.82, 2.24) is 0 Å². The van der Waals surface area contributed by atoms with Crippen LogP contribution in [0.5, 0.6) is 5.75 Å². The predicted molar refractivity (Wildman–Crippen MR) is 66.2 cm³/mol. The first-order chi connectivity index (χ1) is 7.74. The van der Waals surface area contributed by atoms with Gasteiger partial charge in [0.1, 0.15) is 5.75 Å². The Kier molecular flexibility index (Phi) is 6.23. The van der Waals surface area contributed by atoms with Crippen LogP contribution in [-0.4, -0.2) is 26.4 Å². The van der Waals surface area contributed by atoms with Crippen LogP contribution in [-0.2, 0) is 4.74 Å². The highest BCUT2D eigenvalue weighted by Gasteiger charge is 1.98. The second-order valence-electron chi connectivity index (χ2n) is 3.51. The number of benzene rings is 1. The summed E-state index contributed by atoms with van der Waals surface area (Å²) >= 11 is 5.91. The van der Waals surface area contributed by atoms with Crippen LogP contribution in [0.4, 0.5) is 0 Å². The standard InChI is InChI=1S/C12H18ClNO2/c1-10-9-11(3-4-12(10)13)16-7-2-6-15-8-5-14/h3-4,9H,2,5-8,14H2,1H3. The van der Waals surface area contributed by atoms with Crippen molar-refractivity contribution in [2.24, 2.45) is 5.73 Å². The van der Waals surface area contributed by atoms with Gasteiger partial charge in [-0.1, -0.05) is 11.6 Å². The molecule has 0 aromatic heterocycles. The molecule has 1 aromatic rings. The lowest BCUT2D eigenvalue weighted by atomic mass is 10.2. The molecule has 3 nitrogen and oxygen atoms in total. The first kappa shape index (κ1) is 13.3. The smallest absolute Gasteiger partial charge is 0.119 e. The molecule has 0 aliphatic rings. The number of halogens is 1. The van der Waals surface area contributed by atoms with Crippen molar-refractivity contribution in [3.63, 3.8) is 0 Å². The monoisotopic (exact) mass is 243 g/mol. The zero-order valence-corrected chi connectivity index (χ0v) is 10.3. The normalized spacial score (nSPS) is 10.4. The molecule has 0 amide bonds. The van der Waals surface area contributed by atoms with E-state index in [-0.39, 0.29) is 0 Å². The van der Waals surface area contributed by atoms with Crippen LogP contribution in [0.2, 0.25) is 5.02 Å². The van der Waals surface area contributed by atoms with Gasteiger partial charge in [0.05, 0.1) is 13.2 Å². The summed E-state index contributed by atoms with van der Waals surface area (Å²) in [6.07, 6.45) is 0.863. The van der Waals surface area contributed by atoms with Gasteiger partial charge < -0.3 is 15.2 Å². The minimum absolute atomic E-state index is 0.567. The van der Waals surface area contributed by atoms with Gasteiger partial charge in [-0.25, -0.2) is 0 Å². The van der Waals surface area contributed by atoms with Crippen LogP contribution in [0.15, 0.2) is 18.2 Å². The Labute approximate surface area is 101 Å². The molecule has 1 rings (SSSR count). The lowest BCUT2D eigenvalue weighted by Gasteiger charge is -2.07. The Balaban J connectivity index is 2.19. The number of hydrogen-bond acceptors (Lipinski definition) is 3. The number of rotatable bonds is 7. The number of ether oxygens (including phenoxy) is 2. The summed E-state index contributed by atoms with van der Waals surface area (Å²) in [6, 6.07) is 5.65. The molecule has 0 unspecified atom stereocenters. The average molecular weight is 244 g/mol. The van der Waals surface area contributed by atoms with Gasteiger partial charge in [-0.15, -0.1) is 0 Å². The summed E-state index contributed by atoms with van der Waals surface area (Å²) in [4.78, 5) is 0. The van der Waals surface area contributed by atoms with Crippen LogP contribution in [0.3, 0.4) is 0 Å². The van der Waals surface area contributed by atoms with Crippen molar-refractivity contribution in [2.45, 2.75) is 13.3 Å². The molecule has 0 aliphatic heterocycles. The molecule has 90 valence electrons. The van der Waals surface area contributed by atoms with E-state index in [0.29, 0.717) is 26.4 Å². The van der Waals surface area contributed by atoms with Gasteiger partial charge in [-0.2, -0.15) is 0 Å². The molecule has 0 aliphatic carbocycles. The summed E-state index contributed by atoms with van der Waals surface area (Å²) in [5, 5.41) is 0.763. The molecular weight excluding hydrogens is 226 g/mol. The number of nitrogens with two attached hydrogens (primary N) is 1. The highest BCUT2D eigenvalue weighted by Crippen LogP contribution is 2.20. The highest BCUT2D eigenvalue weighted by molar-refractivity contribution is 6.31. The zero-order valence-electron chi connectivity index (χ0n) is 9.54. The quantitative estimate of drug-likeness (QED) is 0.748. The van der Waals surface area contributed by atoms with Gasteiger partial charge in [-0.3, -0.25) is 0 Å². The van der Waals surface area contributed by atoms with Crippen molar-refractivity contribution in [3.8, 4) is 5.75 Å². The fourth-order valence-electron chi connectivity index (χ4n) is 1.24. The maximum absolute atomic E-state index is 5.91. The molecule has 0 saturated carbocycles. The second kappa shape index (κ2) is 7.49. The Hall–Kier alpha value is -0.770. The van der Waals surface area contributed by atoms with E-state index < -0.39 is 0 Å². The van der Waals surface area contributed by atoms with E-state index >= 15 is 0 Å². The Bertz CT molecular complexity index is 318. The van der Waals surface area contributed by atoms with Crippen LogP contribution >= 0.6 is 11.6 Å². The van der Waals surface area contributed by atoms with Crippen molar-refractivity contribution < 1.29 is 9.47 Å². The summed E-state index contributed by atoms with van der Waals surface area (Å²) in [7, 11) is 0. The lowest BCUT2D eigenvalue weighted by molar-refractivity contribution is 0.126. The molecule has 0 saturated heterocycles. The van der Waals surface area contributed by atoms with E-state index in [0.717, 1.165) is 22.8 Å². The first-order valence-corrected chi connectivity index (χ1v) is 5.78. The molecule has 0 heterocycles. The summed E-state index contributed by atoms with van der Waals surface area (Å²) in [5.74, 6) is 0.848. The molecule has 0 atom stereocenters. The summed E-state index contributed by atoms with van der Waals surface area (Å²) < 4.78 is 10.8. The summed E-state index contributed by atoms with van der Waals surface area (Å²) in [5.41, 5.74) is 6.32. The van der Waals surface area contributed by atoms with Crippen molar-refractivity contribution in [3.05, 3.63) is 28.8 Å². The second-order valence-corrected chi connectivity index (χ2v) is 3.92. The third kappa shape index (κ3) is 4.84. The zero-order chi connectivity index (χ0) is 11.8. The van der Waals surface area contributed by atoms with Gasteiger partial charge >= 0.3 is 0 Å². The molecule has 2 N–H and O–H groups in total. The third-order valence-electron chi connectivity index (χ3n) is 2.09. The van der Waals surface area contributed by atoms with E-state index in [9.17, 15) is 0 Å². The maximum atomic E-state index is 5.91. The molecule has 0 spiro atoms. The molecule has 1 aromatic carbocycles. The fraction of sp³-hybridized carbons (Fsp3) is 0.500. The van der Waals surface area contributed by atoms with Crippen LogP contribution in [0, 0.1) is 6.92 Å². The first-order valence-electron chi connectivity index (χ1n) is 5.41. The van der Waals surface area contributed by atoms with Crippen LogP contribution in [0.1, 0.15) is 12.0 Å². The molecular formula is C12H18ClNO2. The van der Waals surface area contributed by atoms with Gasteiger partial charge in [0.2, 0.25) is 0 Å². The van der Waals surface area contributed by atoms with E-state index in [1.165, 1.54) is 0 Å². The molecule has 0 fully saturated rings. The Morgan fingerprint density at radius 2 is 2.06 bits per heavy atom. The number of aryl methyl sites for hydroxylation is 1. The number of hydrogen-bond donors (Lipinski definition) is 1. The lowest BCUT2D eigenvalue weighted by Crippen LogP contribution is -2.10. The minimum atomic E-state index is 0.567. The average Bonchev–Trinajstić information content (AvgIpc) is 2.28. The Morgan fingerprint density at radius 3 is 2.75 bits per heavy atom. The topological polar surface area (TPSA) is 44.5 Å². The molecule has 0 bridgehead atoms. The van der Waals surface area contributed by atoms with Crippen molar-refractivity contribution in [1.29, 1.82) is 0 Å². The van der Waals surface area contributed by atoms with E-state index in [1.807, 2.05) is 25.1 Å². The Morgan fingerprint density at radius 1 is 1.25 bits per heavy atom. The van der Waals surface area contributed by atoms with Gasteiger partial charge in [0, 0.05) is 24.6 Å². The highest BCUT2D eigenvalue weighted by atomic mass is 35.5. The van der Waals surface area contributed by atoms with Crippen molar-refractivity contribution >= 4 is 11.6 Å². The van der Waals surface area contributed by atoms with Crippen LogP contribution < -0.4 is 10.5 Å². The maximum Gasteiger partial charge on any atom is 0.119 e. The molecule has 16 heavy (non-hydrogen) atoms. The van der Waals surface area contributed by atoms with Crippen LogP contribution in [0.25, 0.3) is 0 Å². The van der Waals surface area contributed by atoms with Crippen molar-refractivity contribution in [2.75, 3.05) is 26.4 Å². The fourth-order valence-corrected chi connectivity index (χ4v) is 1.36. The SMILES string of the molecule is Cc1cc(OCCCOCCN)ccc1Cl. The van der Waals surface area contributed by atoms with E-state index in [2.05, 4.69) is 0 Å². The summed E-state index contributed by atoms with van der Waals surface area (Å²) in [6.45, 7) is 4.46. The van der Waals surface area contributed by atoms with Gasteiger partial charge in [0.25, 0.3) is 0 Å². The van der Waals surface area contributed by atoms with E-state index in [4.69, 9.17) is 26.8 Å². The molecule has 0 radical (unpaired) electrons. The largest absolute Gasteiger partial charge is 0.493 e. The predicted octanol–water partition coefficient (Wildman–Crippen LogP) is 2.39. The molecule has 4 heteroatoms. The van der Waals surface area contributed by atoms with Gasteiger partial charge in [0.15, 0.2) is 0 Å². The van der Waals surface area contributed by atoms with E-state index in [1.54, 1.807) is 0 Å².